The molecule has 1 atom stereocenters. The lowest BCUT2D eigenvalue weighted by Crippen LogP contribution is -2.17. The highest BCUT2D eigenvalue weighted by atomic mass is 15.1. The molecule has 0 amide bonds. The maximum Gasteiger partial charge on any atom is 0.0948 e. The zero-order valence-electron chi connectivity index (χ0n) is 10.7. The molecule has 0 radical (unpaired) electrons. The van der Waals surface area contributed by atoms with Gasteiger partial charge in [-0.2, -0.15) is 0 Å². The van der Waals surface area contributed by atoms with Crippen LogP contribution in [0.5, 0.6) is 0 Å². The van der Waals surface area contributed by atoms with Gasteiger partial charge >= 0.3 is 0 Å². The van der Waals surface area contributed by atoms with Gasteiger partial charge in [0.25, 0.3) is 0 Å². The minimum atomic E-state index is 0.554. The normalized spacial score (nSPS) is 22.3. The Labute approximate surface area is 98.3 Å². The molecule has 1 aromatic rings. The quantitative estimate of drug-likeness (QED) is 0.748. The topological polar surface area (TPSA) is 29.9 Å². The second kappa shape index (κ2) is 4.58. The molecule has 1 unspecified atom stereocenters. The van der Waals surface area contributed by atoms with Crippen LogP contribution in [0.3, 0.4) is 0 Å². The van der Waals surface area contributed by atoms with Crippen LogP contribution >= 0.6 is 0 Å². The summed E-state index contributed by atoms with van der Waals surface area (Å²) in [5.74, 6) is 0.839. The van der Waals surface area contributed by atoms with Crippen molar-refractivity contribution in [3.05, 3.63) is 18.2 Å². The van der Waals surface area contributed by atoms with E-state index in [0.717, 1.165) is 25.6 Å². The third-order valence-corrected chi connectivity index (χ3v) is 3.67. The van der Waals surface area contributed by atoms with E-state index in [1.165, 1.54) is 18.5 Å². The van der Waals surface area contributed by atoms with Crippen molar-refractivity contribution in [1.29, 1.82) is 0 Å². The van der Waals surface area contributed by atoms with E-state index >= 15 is 0 Å². The Morgan fingerprint density at radius 1 is 1.56 bits per heavy atom. The zero-order chi connectivity index (χ0) is 11.6. The first-order valence-corrected chi connectivity index (χ1v) is 6.33. The number of hydrogen-bond donors (Lipinski definition) is 1. The molecule has 90 valence electrons. The van der Waals surface area contributed by atoms with E-state index in [0.29, 0.717) is 5.41 Å². The standard InChI is InChI=1S/C13H23N3/c1-4-5-14-7-12-8-15-10-16(12)9-11-6-13(11,2)3/h8,10-11,14H,4-7,9H2,1-3H3. The third kappa shape index (κ3) is 2.64. The highest BCUT2D eigenvalue weighted by Crippen LogP contribution is 2.52. The van der Waals surface area contributed by atoms with E-state index in [1.54, 1.807) is 0 Å². The molecule has 1 aliphatic rings. The lowest BCUT2D eigenvalue weighted by atomic mass is 10.1. The Bertz CT molecular complexity index is 341. The molecule has 1 fully saturated rings. The van der Waals surface area contributed by atoms with Gasteiger partial charge in [-0.25, -0.2) is 4.98 Å². The van der Waals surface area contributed by atoms with Crippen molar-refractivity contribution < 1.29 is 0 Å². The summed E-state index contributed by atoms with van der Waals surface area (Å²) in [4.78, 5) is 4.25. The number of nitrogens with zero attached hydrogens (tertiary/aromatic N) is 2. The summed E-state index contributed by atoms with van der Waals surface area (Å²) < 4.78 is 2.31. The van der Waals surface area contributed by atoms with Crippen LogP contribution in [-0.4, -0.2) is 16.1 Å². The highest BCUT2D eigenvalue weighted by Gasteiger charge is 2.45. The van der Waals surface area contributed by atoms with E-state index in [-0.39, 0.29) is 0 Å². The molecule has 1 N–H and O–H groups in total. The van der Waals surface area contributed by atoms with E-state index in [4.69, 9.17) is 0 Å². The molecule has 0 aliphatic heterocycles. The maximum absolute atomic E-state index is 4.25. The average Bonchev–Trinajstić information content (AvgIpc) is 2.63. The van der Waals surface area contributed by atoms with Crippen molar-refractivity contribution in [2.24, 2.45) is 11.3 Å². The first kappa shape index (κ1) is 11.6. The summed E-state index contributed by atoms with van der Waals surface area (Å²) in [7, 11) is 0. The summed E-state index contributed by atoms with van der Waals surface area (Å²) in [5.41, 5.74) is 1.87. The van der Waals surface area contributed by atoms with E-state index in [9.17, 15) is 0 Å². The Morgan fingerprint density at radius 2 is 2.31 bits per heavy atom. The van der Waals surface area contributed by atoms with Crippen molar-refractivity contribution in [2.45, 2.75) is 46.7 Å². The third-order valence-electron chi connectivity index (χ3n) is 3.67. The van der Waals surface area contributed by atoms with Crippen molar-refractivity contribution in [3.63, 3.8) is 0 Å². The van der Waals surface area contributed by atoms with Gasteiger partial charge in [0.2, 0.25) is 0 Å². The molecule has 0 bridgehead atoms. The zero-order valence-corrected chi connectivity index (χ0v) is 10.7. The Balaban J connectivity index is 1.87. The SMILES string of the molecule is CCCNCc1cncn1CC1CC1(C)C. The fourth-order valence-corrected chi connectivity index (χ4v) is 2.18. The number of aromatic nitrogens is 2. The largest absolute Gasteiger partial charge is 0.333 e. The van der Waals surface area contributed by atoms with E-state index < -0.39 is 0 Å². The smallest absolute Gasteiger partial charge is 0.0948 e. The summed E-state index contributed by atoms with van der Waals surface area (Å²) in [5, 5.41) is 3.43. The van der Waals surface area contributed by atoms with Crippen LogP contribution in [0.4, 0.5) is 0 Å². The molecule has 1 aromatic heterocycles. The van der Waals surface area contributed by atoms with E-state index in [2.05, 4.69) is 35.6 Å². The van der Waals surface area contributed by atoms with Crippen molar-refractivity contribution >= 4 is 0 Å². The monoisotopic (exact) mass is 221 g/mol. The van der Waals surface area contributed by atoms with Crippen LogP contribution in [0.15, 0.2) is 12.5 Å². The Hall–Kier alpha value is -0.830. The molecule has 1 saturated carbocycles. The second-order valence-electron chi connectivity index (χ2n) is 5.60. The number of rotatable bonds is 6. The van der Waals surface area contributed by atoms with Crippen molar-refractivity contribution in [3.8, 4) is 0 Å². The summed E-state index contributed by atoms with van der Waals surface area (Å²) in [6.07, 6.45) is 6.49. The minimum Gasteiger partial charge on any atom is -0.333 e. The molecule has 1 aliphatic carbocycles. The first-order chi connectivity index (χ1) is 7.63. The molecule has 2 rings (SSSR count). The number of nitrogens with one attached hydrogen (secondary N) is 1. The van der Waals surface area contributed by atoms with Crippen LogP contribution in [0.2, 0.25) is 0 Å². The van der Waals surface area contributed by atoms with Crippen molar-refractivity contribution in [1.82, 2.24) is 14.9 Å². The van der Waals surface area contributed by atoms with Gasteiger partial charge in [0, 0.05) is 19.3 Å². The van der Waals surface area contributed by atoms with Gasteiger partial charge in [0.05, 0.1) is 12.0 Å². The van der Waals surface area contributed by atoms with E-state index in [1.807, 2.05) is 12.5 Å². The van der Waals surface area contributed by atoms with Gasteiger partial charge in [0.1, 0.15) is 0 Å². The van der Waals surface area contributed by atoms with Gasteiger partial charge in [-0.05, 0) is 30.7 Å². The Kier molecular flexibility index (Phi) is 3.33. The van der Waals surface area contributed by atoms with Crippen LogP contribution in [-0.2, 0) is 13.1 Å². The number of imidazole rings is 1. The van der Waals surface area contributed by atoms with Gasteiger partial charge in [-0.3, -0.25) is 0 Å². The molecule has 3 nitrogen and oxygen atoms in total. The summed E-state index contributed by atoms with van der Waals surface area (Å²) >= 11 is 0. The molecule has 1 heterocycles. The number of hydrogen-bond acceptors (Lipinski definition) is 2. The van der Waals surface area contributed by atoms with Crippen LogP contribution in [0.1, 0.15) is 39.3 Å². The Morgan fingerprint density at radius 3 is 2.94 bits per heavy atom. The van der Waals surface area contributed by atoms with Gasteiger partial charge < -0.3 is 9.88 Å². The molecule has 16 heavy (non-hydrogen) atoms. The summed E-state index contributed by atoms with van der Waals surface area (Å²) in [6.45, 7) is 10.1. The molecule has 3 heteroatoms. The molecular formula is C13H23N3. The molecule has 0 saturated heterocycles. The molecule has 0 aromatic carbocycles. The van der Waals surface area contributed by atoms with Crippen LogP contribution in [0.25, 0.3) is 0 Å². The van der Waals surface area contributed by atoms with Gasteiger partial charge in [0.15, 0.2) is 0 Å². The highest BCUT2D eigenvalue weighted by molar-refractivity contribution is 5.02. The second-order valence-corrected chi connectivity index (χ2v) is 5.60. The maximum atomic E-state index is 4.25. The molecule has 0 spiro atoms. The fraction of sp³-hybridized carbons (Fsp3) is 0.769. The lowest BCUT2D eigenvalue weighted by Gasteiger charge is -2.09. The average molecular weight is 221 g/mol. The lowest BCUT2D eigenvalue weighted by molar-refractivity contribution is 0.485. The first-order valence-electron chi connectivity index (χ1n) is 6.33. The summed E-state index contributed by atoms with van der Waals surface area (Å²) in [6, 6.07) is 0. The predicted molar refractivity (Wildman–Crippen MR) is 66.1 cm³/mol. The van der Waals surface area contributed by atoms with Crippen LogP contribution in [0, 0.1) is 11.3 Å². The predicted octanol–water partition coefficient (Wildman–Crippen LogP) is 2.43. The van der Waals surface area contributed by atoms with Gasteiger partial charge in [-0.15, -0.1) is 0 Å². The fourth-order valence-electron chi connectivity index (χ4n) is 2.18. The van der Waals surface area contributed by atoms with Crippen LogP contribution < -0.4 is 5.32 Å². The molecular weight excluding hydrogens is 198 g/mol. The van der Waals surface area contributed by atoms with Crippen molar-refractivity contribution in [2.75, 3.05) is 6.54 Å². The minimum absolute atomic E-state index is 0.554. The van der Waals surface area contributed by atoms with Gasteiger partial charge in [-0.1, -0.05) is 20.8 Å².